The Bertz CT molecular complexity index is 365. The highest BCUT2D eigenvalue weighted by molar-refractivity contribution is 5.26. The first-order chi connectivity index (χ1) is 8.31. The Balaban J connectivity index is 2.34. The molecule has 96 valence electrons. The van der Waals surface area contributed by atoms with Gasteiger partial charge in [-0.05, 0) is 25.7 Å². The van der Waals surface area contributed by atoms with Crippen LogP contribution < -0.4 is 0 Å². The number of aliphatic hydroxyl groups excluding tert-OH is 1. The standard InChI is InChI=1S/C14H24N2O/c1-3-13-12(10-17)14(4-2)16(15-13)11-8-6-5-7-9-11/h11,17H,3-10H2,1-2H3. The molecule has 0 saturated heterocycles. The molecule has 0 aromatic carbocycles. The summed E-state index contributed by atoms with van der Waals surface area (Å²) in [4.78, 5) is 0. The highest BCUT2D eigenvalue weighted by atomic mass is 16.3. The molecule has 1 N–H and O–H groups in total. The van der Waals surface area contributed by atoms with E-state index in [0.29, 0.717) is 6.04 Å². The van der Waals surface area contributed by atoms with E-state index in [4.69, 9.17) is 5.10 Å². The van der Waals surface area contributed by atoms with E-state index in [9.17, 15) is 5.11 Å². The zero-order valence-corrected chi connectivity index (χ0v) is 11.1. The molecular weight excluding hydrogens is 212 g/mol. The number of aliphatic hydroxyl groups is 1. The summed E-state index contributed by atoms with van der Waals surface area (Å²) in [6.07, 6.45) is 8.41. The number of hydrogen-bond donors (Lipinski definition) is 1. The molecule has 1 heterocycles. The summed E-state index contributed by atoms with van der Waals surface area (Å²) < 4.78 is 2.23. The maximum absolute atomic E-state index is 9.52. The summed E-state index contributed by atoms with van der Waals surface area (Å²) in [5, 5.41) is 14.3. The van der Waals surface area contributed by atoms with Gasteiger partial charge in [0.25, 0.3) is 0 Å². The van der Waals surface area contributed by atoms with Gasteiger partial charge < -0.3 is 5.11 Å². The van der Waals surface area contributed by atoms with Crippen molar-refractivity contribution in [2.75, 3.05) is 0 Å². The van der Waals surface area contributed by atoms with E-state index in [1.165, 1.54) is 37.8 Å². The topological polar surface area (TPSA) is 38.0 Å². The Labute approximate surface area is 104 Å². The van der Waals surface area contributed by atoms with Gasteiger partial charge in [0.2, 0.25) is 0 Å². The van der Waals surface area contributed by atoms with Crippen molar-refractivity contribution >= 4 is 0 Å². The number of hydrogen-bond acceptors (Lipinski definition) is 2. The summed E-state index contributed by atoms with van der Waals surface area (Å²) in [6, 6.07) is 0.573. The van der Waals surface area contributed by atoms with Crippen LogP contribution in [0.5, 0.6) is 0 Å². The first-order valence-corrected chi connectivity index (χ1v) is 7.01. The minimum atomic E-state index is 0.138. The zero-order chi connectivity index (χ0) is 12.3. The largest absolute Gasteiger partial charge is 0.392 e. The summed E-state index contributed by atoms with van der Waals surface area (Å²) in [6.45, 7) is 4.42. The van der Waals surface area contributed by atoms with Crippen LogP contribution in [0, 0.1) is 0 Å². The average molecular weight is 236 g/mol. The molecule has 2 rings (SSSR count). The summed E-state index contributed by atoms with van der Waals surface area (Å²) in [5.74, 6) is 0. The van der Waals surface area contributed by atoms with E-state index in [-0.39, 0.29) is 6.61 Å². The first kappa shape index (κ1) is 12.6. The lowest BCUT2D eigenvalue weighted by Crippen LogP contribution is -2.16. The lowest BCUT2D eigenvalue weighted by molar-refractivity contribution is 0.277. The first-order valence-electron chi connectivity index (χ1n) is 7.01. The second kappa shape index (κ2) is 5.67. The smallest absolute Gasteiger partial charge is 0.0718 e. The zero-order valence-electron chi connectivity index (χ0n) is 11.1. The van der Waals surface area contributed by atoms with E-state index in [2.05, 4.69) is 18.5 Å². The van der Waals surface area contributed by atoms with Gasteiger partial charge in [-0.15, -0.1) is 0 Å². The predicted octanol–water partition coefficient (Wildman–Crippen LogP) is 3.01. The fourth-order valence-corrected chi connectivity index (χ4v) is 3.03. The fourth-order valence-electron chi connectivity index (χ4n) is 3.03. The maximum Gasteiger partial charge on any atom is 0.0718 e. The molecule has 0 amide bonds. The normalized spacial score (nSPS) is 17.6. The second-order valence-electron chi connectivity index (χ2n) is 4.97. The van der Waals surface area contributed by atoms with Gasteiger partial charge in [-0.1, -0.05) is 33.1 Å². The second-order valence-corrected chi connectivity index (χ2v) is 4.97. The minimum Gasteiger partial charge on any atom is -0.392 e. The average Bonchev–Trinajstić information content (AvgIpc) is 2.77. The quantitative estimate of drug-likeness (QED) is 0.872. The minimum absolute atomic E-state index is 0.138. The molecule has 1 fully saturated rings. The van der Waals surface area contributed by atoms with E-state index in [1.54, 1.807) is 0 Å². The SMILES string of the molecule is CCc1nn(C2CCCCC2)c(CC)c1CO. The Morgan fingerprint density at radius 3 is 2.41 bits per heavy atom. The number of aromatic nitrogens is 2. The maximum atomic E-state index is 9.52. The summed E-state index contributed by atoms with van der Waals surface area (Å²) in [5.41, 5.74) is 3.44. The molecule has 0 radical (unpaired) electrons. The Kier molecular flexibility index (Phi) is 4.21. The van der Waals surface area contributed by atoms with Crippen molar-refractivity contribution in [3.8, 4) is 0 Å². The molecule has 3 heteroatoms. The van der Waals surface area contributed by atoms with Crippen molar-refractivity contribution in [2.45, 2.75) is 71.4 Å². The molecule has 17 heavy (non-hydrogen) atoms. The van der Waals surface area contributed by atoms with Gasteiger partial charge in [0.1, 0.15) is 0 Å². The lowest BCUT2D eigenvalue weighted by Gasteiger charge is -2.24. The van der Waals surface area contributed by atoms with Gasteiger partial charge in [0.05, 0.1) is 18.3 Å². The van der Waals surface area contributed by atoms with Crippen LogP contribution in [0.4, 0.5) is 0 Å². The van der Waals surface area contributed by atoms with E-state index >= 15 is 0 Å². The number of aryl methyl sites for hydroxylation is 1. The summed E-state index contributed by atoms with van der Waals surface area (Å²) in [7, 11) is 0. The van der Waals surface area contributed by atoms with Crippen LogP contribution in [0.25, 0.3) is 0 Å². The molecule has 3 nitrogen and oxygen atoms in total. The van der Waals surface area contributed by atoms with Crippen molar-refractivity contribution in [3.05, 3.63) is 17.0 Å². The third-order valence-electron chi connectivity index (χ3n) is 3.95. The van der Waals surface area contributed by atoms with Gasteiger partial charge in [-0.25, -0.2) is 0 Å². The molecule has 0 aliphatic heterocycles. The van der Waals surface area contributed by atoms with Crippen molar-refractivity contribution in [3.63, 3.8) is 0 Å². The Morgan fingerprint density at radius 1 is 1.18 bits per heavy atom. The van der Waals surface area contributed by atoms with Crippen molar-refractivity contribution in [1.29, 1.82) is 0 Å². The highest BCUT2D eigenvalue weighted by Crippen LogP contribution is 2.30. The molecule has 0 unspecified atom stereocenters. The summed E-state index contributed by atoms with van der Waals surface area (Å²) >= 11 is 0. The van der Waals surface area contributed by atoms with E-state index in [0.717, 1.165) is 24.1 Å². The van der Waals surface area contributed by atoms with Crippen LogP contribution in [0.3, 0.4) is 0 Å². The Morgan fingerprint density at radius 2 is 1.88 bits per heavy atom. The molecule has 1 aromatic heterocycles. The van der Waals surface area contributed by atoms with Crippen molar-refractivity contribution < 1.29 is 5.11 Å². The third kappa shape index (κ3) is 2.39. The van der Waals surface area contributed by atoms with Gasteiger partial charge in [-0.3, -0.25) is 4.68 Å². The van der Waals surface area contributed by atoms with Crippen LogP contribution in [-0.2, 0) is 19.4 Å². The molecule has 1 aliphatic carbocycles. The van der Waals surface area contributed by atoms with Crippen LogP contribution >= 0.6 is 0 Å². The van der Waals surface area contributed by atoms with Gasteiger partial charge in [-0.2, -0.15) is 5.10 Å². The lowest BCUT2D eigenvalue weighted by atomic mass is 9.95. The van der Waals surface area contributed by atoms with Crippen molar-refractivity contribution in [1.82, 2.24) is 9.78 Å². The van der Waals surface area contributed by atoms with Crippen molar-refractivity contribution in [2.24, 2.45) is 0 Å². The molecule has 1 aliphatic rings. The van der Waals surface area contributed by atoms with Gasteiger partial charge in [0, 0.05) is 11.3 Å². The van der Waals surface area contributed by atoms with Crippen LogP contribution in [0.2, 0.25) is 0 Å². The molecule has 0 bridgehead atoms. The molecule has 1 aromatic rings. The van der Waals surface area contributed by atoms with Gasteiger partial charge >= 0.3 is 0 Å². The third-order valence-corrected chi connectivity index (χ3v) is 3.95. The molecule has 0 atom stereocenters. The number of rotatable bonds is 4. The highest BCUT2D eigenvalue weighted by Gasteiger charge is 2.22. The monoisotopic (exact) mass is 236 g/mol. The molecular formula is C14H24N2O. The van der Waals surface area contributed by atoms with E-state index < -0.39 is 0 Å². The Hall–Kier alpha value is -0.830. The number of nitrogens with zero attached hydrogens (tertiary/aromatic N) is 2. The van der Waals surface area contributed by atoms with Crippen LogP contribution in [0.1, 0.15) is 68.9 Å². The van der Waals surface area contributed by atoms with E-state index in [1.807, 2.05) is 0 Å². The van der Waals surface area contributed by atoms with Crippen LogP contribution in [-0.4, -0.2) is 14.9 Å². The van der Waals surface area contributed by atoms with Crippen LogP contribution in [0.15, 0.2) is 0 Å². The molecule has 1 saturated carbocycles. The molecule has 0 spiro atoms. The van der Waals surface area contributed by atoms with Gasteiger partial charge in [0.15, 0.2) is 0 Å². The predicted molar refractivity (Wildman–Crippen MR) is 69.0 cm³/mol. The fraction of sp³-hybridized carbons (Fsp3) is 0.786.